The molecule has 2 aromatic carbocycles. The minimum Gasteiger partial charge on any atom is -0.445 e. The monoisotopic (exact) mass is 694 g/mol. The minimum atomic E-state index is -1.04. The second kappa shape index (κ2) is 21.8. The van der Waals surface area contributed by atoms with Gasteiger partial charge in [0.2, 0.25) is 23.6 Å². The van der Waals surface area contributed by atoms with E-state index in [4.69, 9.17) is 15.9 Å². The van der Waals surface area contributed by atoms with Gasteiger partial charge in [-0.25, -0.2) is 4.79 Å². The maximum Gasteiger partial charge on any atom is 0.408 e. The number of hydrogen-bond acceptors (Lipinski definition) is 7. The van der Waals surface area contributed by atoms with Crippen molar-refractivity contribution in [2.75, 3.05) is 13.1 Å². The van der Waals surface area contributed by atoms with E-state index in [-0.39, 0.29) is 49.2 Å². The molecule has 14 nitrogen and oxygen atoms in total. The Hall–Kier alpha value is -5.14. The summed E-state index contributed by atoms with van der Waals surface area (Å²) in [5.74, 6) is -2.01. The number of amides is 5. The molecule has 0 heterocycles. The molecular formula is C36H54N8O6. The van der Waals surface area contributed by atoms with E-state index >= 15 is 0 Å². The van der Waals surface area contributed by atoms with Gasteiger partial charge in [-0.05, 0) is 42.2 Å². The van der Waals surface area contributed by atoms with Crippen LogP contribution in [0.1, 0.15) is 65.0 Å². The van der Waals surface area contributed by atoms with Crippen LogP contribution in [0.2, 0.25) is 0 Å². The predicted molar refractivity (Wildman–Crippen MR) is 192 cm³/mol. The van der Waals surface area contributed by atoms with Crippen LogP contribution in [0.25, 0.3) is 0 Å². The topological polar surface area (TPSA) is 217 Å². The highest BCUT2D eigenvalue weighted by atomic mass is 16.5. The fourth-order valence-electron chi connectivity index (χ4n) is 5.06. The summed E-state index contributed by atoms with van der Waals surface area (Å²) in [5, 5.41) is 24.0. The van der Waals surface area contributed by atoms with Gasteiger partial charge in [0, 0.05) is 32.5 Å². The van der Waals surface area contributed by atoms with E-state index in [0.717, 1.165) is 11.1 Å². The maximum absolute atomic E-state index is 13.7. The largest absolute Gasteiger partial charge is 0.445 e. The Labute approximate surface area is 294 Å². The third-order valence-electron chi connectivity index (χ3n) is 7.75. The summed E-state index contributed by atoms with van der Waals surface area (Å²) in [6.07, 6.45) is 0.387. The van der Waals surface area contributed by atoms with Crippen LogP contribution >= 0.6 is 0 Å². The lowest BCUT2D eigenvalue weighted by atomic mass is 9.99. The van der Waals surface area contributed by atoms with Crippen LogP contribution in [0.5, 0.6) is 0 Å². The van der Waals surface area contributed by atoms with Gasteiger partial charge in [0.05, 0.1) is 0 Å². The number of carbonyl (C=O) groups excluding carboxylic acids is 5. The normalized spacial score (nSPS) is 13.3. The Kier molecular flexibility index (Phi) is 17.9. The van der Waals surface area contributed by atoms with E-state index in [2.05, 4.69) is 31.9 Å². The molecule has 0 radical (unpaired) electrons. The third-order valence-corrected chi connectivity index (χ3v) is 7.75. The highest BCUT2D eigenvalue weighted by Crippen LogP contribution is 2.10. The van der Waals surface area contributed by atoms with Crippen molar-refractivity contribution in [2.45, 2.75) is 91.1 Å². The number of alkyl carbamates (subject to hydrolysis) is 1. The van der Waals surface area contributed by atoms with Crippen LogP contribution in [-0.4, -0.2) is 72.9 Å². The Balaban J connectivity index is 2.11. The zero-order chi connectivity index (χ0) is 37.1. The number of nitrogens with two attached hydrogens (primary N) is 1. The van der Waals surface area contributed by atoms with Crippen molar-refractivity contribution in [3.05, 3.63) is 71.8 Å². The number of carbonyl (C=O) groups is 5. The van der Waals surface area contributed by atoms with Crippen LogP contribution < -0.4 is 37.6 Å². The van der Waals surface area contributed by atoms with Crippen molar-refractivity contribution in [2.24, 2.45) is 17.6 Å². The molecule has 2 rings (SSSR count). The minimum absolute atomic E-state index is 0.0101. The van der Waals surface area contributed by atoms with Gasteiger partial charge in [-0.1, -0.05) is 88.4 Å². The summed E-state index contributed by atoms with van der Waals surface area (Å²) in [5.41, 5.74) is 7.04. The first-order valence-electron chi connectivity index (χ1n) is 17.0. The fraction of sp³-hybridized carbons (Fsp3) is 0.500. The lowest BCUT2D eigenvalue weighted by Gasteiger charge is -2.28. The molecule has 4 atom stereocenters. The van der Waals surface area contributed by atoms with Crippen LogP contribution in [0.15, 0.2) is 60.7 Å². The standard InChI is InChI=1S/C36H54N8O6/c1-23(2)19-29(42-33(47)28(17-12-18-39-35(37)38)44-36(49)50-22-27-15-10-7-11-16-27)34(48)43-31(24(3)4)21-40-32(46)30(41-25(5)45)20-26-13-8-6-9-14-26/h6-11,13-16,23-24,28-31H,12,17-22H2,1-5H3,(H,40,46)(H,41,45)(H,42,47)(H,43,48)(H,44,49)(H4,37,38,39)/t28-,29-,30-,31+/m0/s1. The van der Waals surface area contributed by atoms with Gasteiger partial charge in [-0.15, -0.1) is 0 Å². The molecule has 0 saturated heterocycles. The van der Waals surface area contributed by atoms with Crippen LogP contribution in [0.3, 0.4) is 0 Å². The molecule has 274 valence electrons. The summed E-state index contributed by atoms with van der Waals surface area (Å²) in [6.45, 7) is 9.40. The van der Waals surface area contributed by atoms with Crippen molar-refractivity contribution in [1.82, 2.24) is 31.9 Å². The fourth-order valence-corrected chi connectivity index (χ4v) is 5.06. The summed E-state index contributed by atoms with van der Waals surface area (Å²) >= 11 is 0. The molecule has 0 aliphatic heterocycles. The summed E-state index contributed by atoms with van der Waals surface area (Å²) in [7, 11) is 0. The predicted octanol–water partition coefficient (Wildman–Crippen LogP) is 2.08. The highest BCUT2D eigenvalue weighted by molar-refractivity contribution is 5.91. The quantitative estimate of drug-likeness (QED) is 0.0582. The van der Waals surface area contributed by atoms with E-state index in [0.29, 0.717) is 25.8 Å². The van der Waals surface area contributed by atoms with Gasteiger partial charge in [0.15, 0.2) is 5.96 Å². The van der Waals surface area contributed by atoms with Gasteiger partial charge in [0.1, 0.15) is 24.7 Å². The van der Waals surface area contributed by atoms with Crippen molar-refractivity contribution >= 4 is 35.7 Å². The van der Waals surface area contributed by atoms with Gasteiger partial charge in [0.25, 0.3) is 0 Å². The Morgan fingerprint density at radius 2 is 1.34 bits per heavy atom. The molecule has 0 fully saturated rings. The maximum atomic E-state index is 13.7. The van der Waals surface area contributed by atoms with E-state index < -0.39 is 42.1 Å². The van der Waals surface area contributed by atoms with Crippen LogP contribution in [0, 0.1) is 17.2 Å². The van der Waals surface area contributed by atoms with Crippen molar-refractivity contribution in [3.8, 4) is 0 Å². The van der Waals surface area contributed by atoms with Gasteiger partial charge >= 0.3 is 6.09 Å². The number of rotatable bonds is 20. The zero-order valence-electron chi connectivity index (χ0n) is 29.7. The van der Waals surface area contributed by atoms with Gasteiger partial charge < -0.3 is 42.4 Å². The smallest absolute Gasteiger partial charge is 0.408 e. The molecule has 0 bridgehead atoms. The first-order chi connectivity index (χ1) is 23.7. The molecule has 50 heavy (non-hydrogen) atoms. The number of guanidine groups is 1. The molecule has 5 amide bonds. The highest BCUT2D eigenvalue weighted by Gasteiger charge is 2.30. The molecule has 0 unspecified atom stereocenters. The van der Waals surface area contributed by atoms with Crippen molar-refractivity contribution in [1.29, 1.82) is 5.41 Å². The number of nitrogens with one attached hydrogen (secondary N) is 7. The number of benzene rings is 2. The van der Waals surface area contributed by atoms with Crippen molar-refractivity contribution in [3.63, 3.8) is 0 Å². The molecule has 0 saturated carbocycles. The number of ether oxygens (including phenoxy) is 1. The van der Waals surface area contributed by atoms with E-state index in [1.54, 1.807) is 0 Å². The zero-order valence-corrected chi connectivity index (χ0v) is 29.7. The van der Waals surface area contributed by atoms with E-state index in [9.17, 15) is 24.0 Å². The third kappa shape index (κ3) is 16.3. The van der Waals surface area contributed by atoms with Crippen LogP contribution in [-0.2, 0) is 36.9 Å². The Bertz CT molecular complexity index is 1390. The molecule has 0 aliphatic carbocycles. The molecular weight excluding hydrogens is 640 g/mol. The van der Waals surface area contributed by atoms with Crippen LogP contribution in [0.4, 0.5) is 4.79 Å². The summed E-state index contributed by atoms with van der Waals surface area (Å²) in [6, 6.07) is 15.2. The van der Waals surface area contributed by atoms with Gasteiger partial charge in [-0.3, -0.25) is 24.6 Å². The van der Waals surface area contributed by atoms with Gasteiger partial charge in [-0.2, -0.15) is 0 Å². The first-order valence-corrected chi connectivity index (χ1v) is 17.0. The lowest BCUT2D eigenvalue weighted by Crippen LogP contribution is -2.57. The first kappa shape index (κ1) is 41.0. The summed E-state index contributed by atoms with van der Waals surface area (Å²) < 4.78 is 5.33. The molecule has 9 N–H and O–H groups in total. The molecule has 0 aliphatic rings. The Morgan fingerprint density at radius 1 is 0.740 bits per heavy atom. The molecule has 2 aromatic rings. The van der Waals surface area contributed by atoms with Crippen molar-refractivity contribution < 1.29 is 28.7 Å². The summed E-state index contributed by atoms with van der Waals surface area (Å²) in [4.78, 5) is 65.0. The second-order valence-electron chi connectivity index (χ2n) is 13.0. The Morgan fingerprint density at radius 3 is 1.90 bits per heavy atom. The van der Waals surface area contributed by atoms with E-state index in [1.165, 1.54) is 6.92 Å². The molecule has 14 heteroatoms. The molecule has 0 spiro atoms. The molecule has 0 aromatic heterocycles. The average molecular weight is 695 g/mol. The second-order valence-corrected chi connectivity index (χ2v) is 13.0. The number of hydrogen-bond donors (Lipinski definition) is 8. The SMILES string of the molecule is CC(=O)N[C@@H](Cc1ccccc1)C(=O)NC[C@@H](NC(=O)[C@H](CC(C)C)NC(=O)[C@H](CCCNC(=N)N)NC(=O)OCc1ccccc1)C(C)C. The average Bonchev–Trinajstić information content (AvgIpc) is 3.06. The lowest BCUT2D eigenvalue weighted by molar-refractivity contribution is -0.131. The van der Waals surface area contributed by atoms with E-state index in [1.807, 2.05) is 88.4 Å².